The Hall–Kier alpha value is -0.810. The third-order valence-electron chi connectivity index (χ3n) is 3.09. The van der Waals surface area contributed by atoms with Crippen molar-refractivity contribution in [2.75, 3.05) is 13.1 Å². The largest absolute Gasteiger partial charge is 0.317 e. The first-order valence-electron chi connectivity index (χ1n) is 4.69. The third kappa shape index (κ3) is 1.05. The van der Waals surface area contributed by atoms with E-state index in [-0.39, 0.29) is 5.41 Å². The minimum absolute atomic E-state index is 0.0799. The van der Waals surface area contributed by atoms with Crippen molar-refractivity contribution in [1.82, 2.24) is 5.32 Å². The standard InChI is InChI=1S/C10H14N2/c11-8-10(9-2-1-3-9)4-6-12-7-5-10/h2,12H,1,3-7H2. The maximum Gasteiger partial charge on any atom is 0.0806 e. The second-order valence-electron chi connectivity index (χ2n) is 3.71. The molecule has 64 valence electrons. The molecule has 0 aromatic rings. The molecule has 1 N–H and O–H groups in total. The summed E-state index contributed by atoms with van der Waals surface area (Å²) in [5, 5.41) is 12.5. The number of nitrogens with zero attached hydrogens (tertiary/aromatic N) is 1. The number of nitriles is 1. The number of nitrogens with one attached hydrogen (secondary N) is 1. The van der Waals surface area contributed by atoms with Gasteiger partial charge in [0.15, 0.2) is 0 Å². The third-order valence-corrected chi connectivity index (χ3v) is 3.09. The summed E-state index contributed by atoms with van der Waals surface area (Å²) in [6, 6.07) is 2.51. The van der Waals surface area contributed by atoms with Crippen molar-refractivity contribution < 1.29 is 0 Å². The van der Waals surface area contributed by atoms with E-state index >= 15 is 0 Å². The highest BCUT2D eigenvalue weighted by molar-refractivity contribution is 5.29. The summed E-state index contributed by atoms with van der Waals surface area (Å²) in [4.78, 5) is 0. The molecule has 0 radical (unpaired) electrons. The predicted molar refractivity (Wildman–Crippen MR) is 47.5 cm³/mol. The summed E-state index contributed by atoms with van der Waals surface area (Å²) in [6.07, 6.45) is 6.61. The summed E-state index contributed by atoms with van der Waals surface area (Å²) in [5.41, 5.74) is 1.33. The smallest absolute Gasteiger partial charge is 0.0806 e. The van der Waals surface area contributed by atoms with Crippen molar-refractivity contribution >= 4 is 0 Å². The van der Waals surface area contributed by atoms with Crippen molar-refractivity contribution in [2.45, 2.75) is 25.7 Å². The summed E-state index contributed by atoms with van der Waals surface area (Å²) in [6.45, 7) is 2.01. The van der Waals surface area contributed by atoms with Gasteiger partial charge in [-0.1, -0.05) is 11.6 Å². The quantitative estimate of drug-likeness (QED) is 0.594. The van der Waals surface area contributed by atoms with E-state index in [1.54, 1.807) is 0 Å². The van der Waals surface area contributed by atoms with Gasteiger partial charge in [-0.2, -0.15) is 5.26 Å². The van der Waals surface area contributed by atoms with Crippen molar-refractivity contribution in [3.05, 3.63) is 11.6 Å². The molecule has 0 aromatic carbocycles. The molecule has 2 nitrogen and oxygen atoms in total. The summed E-state index contributed by atoms with van der Waals surface area (Å²) in [5.74, 6) is 0. The van der Waals surface area contributed by atoms with Gasteiger partial charge in [-0.25, -0.2) is 0 Å². The molecule has 0 spiro atoms. The minimum Gasteiger partial charge on any atom is -0.317 e. The van der Waals surface area contributed by atoms with Crippen molar-refractivity contribution in [3.63, 3.8) is 0 Å². The van der Waals surface area contributed by atoms with E-state index in [1.165, 1.54) is 12.0 Å². The van der Waals surface area contributed by atoms with Crippen LogP contribution in [0.4, 0.5) is 0 Å². The Morgan fingerprint density at radius 3 is 2.50 bits per heavy atom. The van der Waals surface area contributed by atoms with Gasteiger partial charge >= 0.3 is 0 Å². The molecule has 12 heavy (non-hydrogen) atoms. The topological polar surface area (TPSA) is 35.8 Å². The molecule has 2 aliphatic rings. The van der Waals surface area contributed by atoms with E-state index in [0.717, 1.165) is 32.4 Å². The zero-order valence-corrected chi connectivity index (χ0v) is 7.27. The van der Waals surface area contributed by atoms with E-state index in [1.807, 2.05) is 0 Å². The van der Waals surface area contributed by atoms with Crippen LogP contribution in [0.15, 0.2) is 11.6 Å². The Bertz CT molecular complexity index is 241. The van der Waals surface area contributed by atoms with Crippen LogP contribution in [0.3, 0.4) is 0 Å². The van der Waals surface area contributed by atoms with Crippen LogP contribution in [0.1, 0.15) is 25.7 Å². The van der Waals surface area contributed by atoms with Gasteiger partial charge in [0.2, 0.25) is 0 Å². The lowest BCUT2D eigenvalue weighted by molar-refractivity contribution is 0.316. The maximum atomic E-state index is 9.16. The Morgan fingerprint density at radius 2 is 2.08 bits per heavy atom. The lowest BCUT2D eigenvalue weighted by Gasteiger charge is -2.36. The molecule has 1 saturated heterocycles. The second-order valence-corrected chi connectivity index (χ2v) is 3.71. The lowest BCUT2D eigenvalue weighted by Crippen LogP contribution is -2.38. The summed E-state index contributed by atoms with van der Waals surface area (Å²) in [7, 11) is 0. The summed E-state index contributed by atoms with van der Waals surface area (Å²) >= 11 is 0. The normalized spacial score (nSPS) is 26.8. The molecule has 0 aromatic heterocycles. The van der Waals surface area contributed by atoms with E-state index < -0.39 is 0 Å². The molecule has 0 bridgehead atoms. The van der Waals surface area contributed by atoms with Crippen LogP contribution >= 0.6 is 0 Å². The van der Waals surface area contributed by atoms with Crippen molar-refractivity contribution in [3.8, 4) is 6.07 Å². The van der Waals surface area contributed by atoms with E-state index in [2.05, 4.69) is 17.5 Å². The molecule has 0 saturated carbocycles. The molecule has 2 heteroatoms. The Labute approximate surface area is 73.3 Å². The van der Waals surface area contributed by atoms with E-state index in [0.29, 0.717) is 0 Å². The van der Waals surface area contributed by atoms with Gasteiger partial charge in [0, 0.05) is 0 Å². The van der Waals surface area contributed by atoms with E-state index in [9.17, 15) is 0 Å². The van der Waals surface area contributed by atoms with Gasteiger partial charge in [-0.3, -0.25) is 0 Å². The van der Waals surface area contributed by atoms with Crippen LogP contribution in [0.2, 0.25) is 0 Å². The average Bonchev–Trinajstić information content (AvgIpc) is 2.03. The first-order chi connectivity index (χ1) is 5.87. The zero-order valence-electron chi connectivity index (χ0n) is 7.27. The van der Waals surface area contributed by atoms with Crippen molar-refractivity contribution in [2.24, 2.45) is 5.41 Å². The SMILES string of the molecule is N#CC1(C2=CCC2)CCNCC1. The molecule has 0 atom stereocenters. The minimum atomic E-state index is -0.0799. The Morgan fingerprint density at radius 1 is 1.42 bits per heavy atom. The number of rotatable bonds is 1. The van der Waals surface area contributed by atoms with E-state index in [4.69, 9.17) is 5.26 Å². The molecule has 1 aliphatic heterocycles. The Kier molecular flexibility index (Phi) is 1.90. The number of hydrogen-bond donors (Lipinski definition) is 1. The van der Waals surface area contributed by atoms with Gasteiger partial charge in [0.05, 0.1) is 11.5 Å². The first kappa shape index (κ1) is 7.82. The van der Waals surface area contributed by atoms with Crippen LogP contribution < -0.4 is 5.32 Å². The molecule has 1 heterocycles. The molecule has 1 aliphatic carbocycles. The fraction of sp³-hybridized carbons (Fsp3) is 0.700. The van der Waals surface area contributed by atoms with Crippen LogP contribution in [-0.2, 0) is 0 Å². The Balaban J connectivity index is 2.18. The van der Waals surface area contributed by atoms with Gasteiger partial charge < -0.3 is 5.32 Å². The molecule has 0 amide bonds. The maximum absolute atomic E-state index is 9.16. The highest BCUT2D eigenvalue weighted by atomic mass is 14.9. The molecule has 2 rings (SSSR count). The first-order valence-corrected chi connectivity index (χ1v) is 4.69. The average molecular weight is 162 g/mol. The van der Waals surface area contributed by atoms with Crippen LogP contribution in [-0.4, -0.2) is 13.1 Å². The van der Waals surface area contributed by atoms with Gasteiger partial charge in [0.1, 0.15) is 0 Å². The van der Waals surface area contributed by atoms with Crippen LogP contribution in [0.25, 0.3) is 0 Å². The fourth-order valence-corrected chi connectivity index (χ4v) is 2.08. The second kappa shape index (κ2) is 2.91. The number of allylic oxidation sites excluding steroid dienone is 2. The predicted octanol–water partition coefficient (Wildman–Crippen LogP) is 1.60. The number of hydrogen-bond acceptors (Lipinski definition) is 2. The summed E-state index contributed by atoms with van der Waals surface area (Å²) < 4.78 is 0. The monoisotopic (exact) mass is 162 g/mol. The highest BCUT2D eigenvalue weighted by Gasteiger charge is 2.37. The molecule has 1 fully saturated rings. The molecule has 0 unspecified atom stereocenters. The van der Waals surface area contributed by atoms with Gasteiger partial charge in [0.25, 0.3) is 0 Å². The van der Waals surface area contributed by atoms with Crippen LogP contribution in [0, 0.1) is 16.7 Å². The highest BCUT2D eigenvalue weighted by Crippen LogP contribution is 2.42. The molecular weight excluding hydrogens is 148 g/mol. The molecular formula is C10H14N2. The zero-order chi connectivity index (χ0) is 8.44. The lowest BCUT2D eigenvalue weighted by atomic mass is 9.69. The fourth-order valence-electron chi connectivity index (χ4n) is 2.08. The van der Waals surface area contributed by atoms with Gasteiger partial charge in [-0.05, 0) is 38.8 Å². The number of piperidine rings is 1. The van der Waals surface area contributed by atoms with Gasteiger partial charge in [-0.15, -0.1) is 0 Å². The van der Waals surface area contributed by atoms with Crippen LogP contribution in [0.5, 0.6) is 0 Å². The van der Waals surface area contributed by atoms with Crippen molar-refractivity contribution in [1.29, 1.82) is 5.26 Å².